The van der Waals surface area contributed by atoms with Gasteiger partial charge in [-0.3, -0.25) is 5.32 Å². The van der Waals surface area contributed by atoms with E-state index in [1.54, 1.807) is 32.9 Å². The standard InChI is InChI=1S/C15H19NO4/c1-15(2,3)20-14(19)16-12-7-6-10(13(17)18)8-11(12)9-4-5-9/h6-9H,4-5H2,1-3H3,(H,16,19)(H,17,18). The summed E-state index contributed by atoms with van der Waals surface area (Å²) in [4.78, 5) is 22.8. The molecule has 2 rings (SSSR count). The molecule has 1 fully saturated rings. The van der Waals surface area contributed by atoms with E-state index in [2.05, 4.69) is 5.32 Å². The van der Waals surface area contributed by atoms with Crippen LogP contribution in [0.25, 0.3) is 0 Å². The van der Waals surface area contributed by atoms with Crippen molar-refractivity contribution >= 4 is 17.7 Å². The lowest BCUT2D eigenvalue weighted by molar-refractivity contribution is 0.0634. The van der Waals surface area contributed by atoms with Gasteiger partial charge in [-0.1, -0.05) is 0 Å². The van der Waals surface area contributed by atoms with Gasteiger partial charge in [-0.15, -0.1) is 0 Å². The molecule has 0 aliphatic heterocycles. The zero-order chi connectivity index (χ0) is 14.9. The van der Waals surface area contributed by atoms with Crippen molar-refractivity contribution < 1.29 is 19.4 Å². The molecule has 1 aliphatic rings. The third kappa shape index (κ3) is 3.73. The SMILES string of the molecule is CC(C)(C)OC(=O)Nc1ccc(C(=O)O)cc1C1CC1. The molecule has 2 N–H and O–H groups in total. The van der Waals surface area contributed by atoms with Crippen LogP contribution in [0.15, 0.2) is 18.2 Å². The molecule has 1 aromatic carbocycles. The van der Waals surface area contributed by atoms with Gasteiger partial charge < -0.3 is 9.84 Å². The molecule has 1 saturated carbocycles. The summed E-state index contributed by atoms with van der Waals surface area (Å²) in [5, 5.41) is 11.7. The fourth-order valence-corrected chi connectivity index (χ4v) is 1.96. The summed E-state index contributed by atoms with van der Waals surface area (Å²) in [6.45, 7) is 5.38. The van der Waals surface area contributed by atoms with E-state index in [1.807, 2.05) is 0 Å². The molecular formula is C15H19NO4. The highest BCUT2D eigenvalue weighted by molar-refractivity contribution is 5.91. The van der Waals surface area contributed by atoms with Crippen LogP contribution < -0.4 is 5.32 Å². The molecular weight excluding hydrogens is 258 g/mol. The summed E-state index contributed by atoms with van der Waals surface area (Å²) in [5.41, 5.74) is 1.18. The van der Waals surface area contributed by atoms with Crippen LogP contribution in [0.2, 0.25) is 0 Å². The second kappa shape index (κ2) is 5.15. The number of carbonyl (C=O) groups is 2. The maximum atomic E-state index is 11.8. The number of ether oxygens (including phenoxy) is 1. The fourth-order valence-electron chi connectivity index (χ4n) is 1.96. The Morgan fingerprint density at radius 1 is 1.30 bits per heavy atom. The first-order valence-corrected chi connectivity index (χ1v) is 6.63. The quantitative estimate of drug-likeness (QED) is 0.885. The monoisotopic (exact) mass is 277 g/mol. The Kier molecular flexibility index (Phi) is 3.70. The summed E-state index contributed by atoms with van der Waals surface area (Å²) >= 11 is 0. The molecule has 108 valence electrons. The largest absolute Gasteiger partial charge is 0.478 e. The van der Waals surface area contributed by atoms with Crippen molar-refractivity contribution in [2.45, 2.75) is 45.1 Å². The van der Waals surface area contributed by atoms with Gasteiger partial charge in [-0.25, -0.2) is 9.59 Å². The lowest BCUT2D eigenvalue weighted by Crippen LogP contribution is -2.27. The van der Waals surface area contributed by atoms with Crippen molar-refractivity contribution in [2.24, 2.45) is 0 Å². The van der Waals surface area contributed by atoms with E-state index in [-0.39, 0.29) is 5.56 Å². The smallest absolute Gasteiger partial charge is 0.412 e. The number of aromatic carboxylic acids is 1. The zero-order valence-corrected chi connectivity index (χ0v) is 11.9. The minimum absolute atomic E-state index is 0.238. The van der Waals surface area contributed by atoms with Gasteiger partial charge in [0, 0.05) is 5.69 Å². The van der Waals surface area contributed by atoms with Gasteiger partial charge in [-0.05, 0) is 63.3 Å². The number of amides is 1. The second-order valence-electron chi connectivity index (χ2n) is 6.01. The molecule has 20 heavy (non-hydrogen) atoms. The number of hydrogen-bond donors (Lipinski definition) is 2. The van der Waals surface area contributed by atoms with Crippen molar-refractivity contribution in [3.05, 3.63) is 29.3 Å². The van der Waals surface area contributed by atoms with Crippen LogP contribution in [-0.4, -0.2) is 22.8 Å². The molecule has 0 heterocycles. The van der Waals surface area contributed by atoms with Gasteiger partial charge in [0.15, 0.2) is 0 Å². The van der Waals surface area contributed by atoms with Crippen LogP contribution in [0.5, 0.6) is 0 Å². The van der Waals surface area contributed by atoms with Gasteiger partial charge in [0.05, 0.1) is 5.56 Å². The Labute approximate surface area is 117 Å². The van der Waals surface area contributed by atoms with Crippen LogP contribution in [0, 0.1) is 0 Å². The predicted molar refractivity (Wildman–Crippen MR) is 75.2 cm³/mol. The number of hydrogen-bond acceptors (Lipinski definition) is 3. The highest BCUT2D eigenvalue weighted by Gasteiger charge is 2.28. The van der Waals surface area contributed by atoms with Crippen LogP contribution in [0.1, 0.15) is 55.5 Å². The number of nitrogens with one attached hydrogen (secondary N) is 1. The predicted octanol–water partition coefficient (Wildman–Crippen LogP) is 3.61. The van der Waals surface area contributed by atoms with Crippen LogP contribution >= 0.6 is 0 Å². The summed E-state index contributed by atoms with van der Waals surface area (Å²) in [7, 11) is 0. The number of anilines is 1. The molecule has 0 radical (unpaired) electrons. The van der Waals surface area contributed by atoms with Crippen LogP contribution in [-0.2, 0) is 4.74 Å². The van der Waals surface area contributed by atoms with Crippen molar-refractivity contribution in [1.82, 2.24) is 0 Å². The van der Waals surface area contributed by atoms with Gasteiger partial charge in [0.25, 0.3) is 0 Å². The number of benzene rings is 1. The summed E-state index contributed by atoms with van der Waals surface area (Å²) in [5.74, 6) is -0.630. The third-order valence-electron chi connectivity index (χ3n) is 2.95. The Bertz CT molecular complexity index is 541. The first kappa shape index (κ1) is 14.4. The number of carboxylic acids is 1. The molecule has 1 amide bonds. The van der Waals surface area contributed by atoms with Crippen molar-refractivity contribution in [3.8, 4) is 0 Å². The zero-order valence-electron chi connectivity index (χ0n) is 11.9. The normalized spacial score (nSPS) is 14.8. The topological polar surface area (TPSA) is 75.6 Å². The molecule has 0 atom stereocenters. The molecule has 5 heteroatoms. The summed E-state index contributed by atoms with van der Waals surface area (Å²) in [6.07, 6.45) is 1.51. The van der Waals surface area contributed by atoms with E-state index in [0.717, 1.165) is 18.4 Å². The van der Waals surface area contributed by atoms with Gasteiger partial charge in [0.1, 0.15) is 5.60 Å². The van der Waals surface area contributed by atoms with E-state index >= 15 is 0 Å². The van der Waals surface area contributed by atoms with Crippen LogP contribution in [0.4, 0.5) is 10.5 Å². The first-order chi connectivity index (χ1) is 9.26. The average molecular weight is 277 g/mol. The highest BCUT2D eigenvalue weighted by atomic mass is 16.6. The van der Waals surface area contributed by atoms with Gasteiger partial charge in [0.2, 0.25) is 0 Å². The highest BCUT2D eigenvalue weighted by Crippen LogP contribution is 2.43. The Morgan fingerprint density at radius 3 is 2.45 bits per heavy atom. The maximum Gasteiger partial charge on any atom is 0.412 e. The summed E-state index contributed by atoms with van der Waals surface area (Å²) in [6, 6.07) is 4.74. The van der Waals surface area contributed by atoms with E-state index < -0.39 is 17.7 Å². The van der Waals surface area contributed by atoms with Gasteiger partial charge >= 0.3 is 12.1 Å². The van der Waals surface area contributed by atoms with Crippen LogP contribution in [0.3, 0.4) is 0 Å². The van der Waals surface area contributed by atoms with Crippen molar-refractivity contribution in [3.63, 3.8) is 0 Å². The Hall–Kier alpha value is -2.04. The molecule has 0 bridgehead atoms. The number of carboxylic acid groups (broad SMARTS) is 1. The van der Waals surface area contributed by atoms with E-state index in [1.165, 1.54) is 6.07 Å². The second-order valence-corrected chi connectivity index (χ2v) is 6.01. The molecule has 0 spiro atoms. The van der Waals surface area contributed by atoms with Gasteiger partial charge in [-0.2, -0.15) is 0 Å². The molecule has 5 nitrogen and oxygen atoms in total. The Morgan fingerprint density at radius 2 is 1.95 bits per heavy atom. The lowest BCUT2D eigenvalue weighted by Gasteiger charge is -2.20. The summed E-state index contributed by atoms with van der Waals surface area (Å²) < 4.78 is 5.21. The molecule has 1 aromatic rings. The minimum atomic E-state index is -0.962. The fraction of sp³-hybridized carbons (Fsp3) is 0.467. The third-order valence-corrected chi connectivity index (χ3v) is 2.95. The van der Waals surface area contributed by atoms with E-state index in [9.17, 15) is 9.59 Å². The molecule has 0 unspecified atom stereocenters. The lowest BCUT2D eigenvalue weighted by atomic mass is 10.0. The first-order valence-electron chi connectivity index (χ1n) is 6.63. The van der Waals surface area contributed by atoms with E-state index in [0.29, 0.717) is 11.6 Å². The van der Waals surface area contributed by atoms with E-state index in [4.69, 9.17) is 9.84 Å². The average Bonchev–Trinajstić information content (AvgIpc) is 3.10. The Balaban J connectivity index is 2.19. The van der Waals surface area contributed by atoms with Crippen molar-refractivity contribution in [2.75, 3.05) is 5.32 Å². The van der Waals surface area contributed by atoms with Crippen molar-refractivity contribution in [1.29, 1.82) is 0 Å². The number of carbonyl (C=O) groups excluding carboxylic acids is 1. The molecule has 1 aliphatic carbocycles. The number of rotatable bonds is 3. The molecule has 0 aromatic heterocycles. The minimum Gasteiger partial charge on any atom is -0.478 e. The maximum absolute atomic E-state index is 11.8. The molecule has 0 saturated heterocycles.